The molecule has 2 fully saturated rings. The van der Waals surface area contributed by atoms with Gasteiger partial charge in [0, 0.05) is 30.3 Å². The van der Waals surface area contributed by atoms with Gasteiger partial charge in [-0.15, -0.1) is 0 Å². The number of likely N-dealkylation sites (tertiary alicyclic amines) is 1. The molecule has 0 radical (unpaired) electrons. The van der Waals surface area contributed by atoms with Gasteiger partial charge in [-0.05, 0) is 55.7 Å². The number of carbonyl (C=O) groups is 1. The number of carbonyl (C=O) groups excluding carboxylic acids is 1. The average Bonchev–Trinajstić information content (AvgIpc) is 3.07. The lowest BCUT2D eigenvalue weighted by atomic mass is 9.60. The Kier molecular flexibility index (Phi) is 4.33. The van der Waals surface area contributed by atoms with Crippen molar-refractivity contribution < 1.29 is 14.3 Å². The molecule has 5 rings (SSSR count). The van der Waals surface area contributed by atoms with Gasteiger partial charge in [-0.3, -0.25) is 9.48 Å². The molecule has 2 aromatic carbocycles. The van der Waals surface area contributed by atoms with Crippen molar-refractivity contribution in [2.75, 3.05) is 13.1 Å². The van der Waals surface area contributed by atoms with E-state index in [1.54, 1.807) is 23.1 Å². The largest absolute Gasteiger partial charge is 0.508 e. The number of rotatable bonds is 3. The van der Waals surface area contributed by atoms with Crippen LogP contribution in [0.5, 0.6) is 5.75 Å². The minimum Gasteiger partial charge on any atom is -0.508 e. The van der Waals surface area contributed by atoms with Crippen molar-refractivity contribution in [3.8, 4) is 23.1 Å². The van der Waals surface area contributed by atoms with Crippen LogP contribution in [0.25, 0.3) is 11.3 Å². The summed E-state index contributed by atoms with van der Waals surface area (Å²) >= 11 is 0. The fourth-order valence-corrected chi connectivity index (χ4v) is 4.86. The van der Waals surface area contributed by atoms with Gasteiger partial charge in [-0.25, -0.2) is 4.39 Å². The Morgan fingerprint density at radius 3 is 2.71 bits per heavy atom. The SMILES string of the molecule is Cc1cn(C2CC3(C2)CN(C(=O)c2cc(O)ccc2C#N)C3)nc1-c1ccccc1F. The maximum absolute atomic E-state index is 14.2. The Bertz CT molecular complexity index is 1230. The fraction of sp³-hybridized carbons (Fsp3) is 0.292. The van der Waals surface area contributed by atoms with E-state index in [0.29, 0.717) is 24.3 Å². The van der Waals surface area contributed by atoms with Gasteiger partial charge in [0.05, 0.1) is 28.9 Å². The summed E-state index contributed by atoms with van der Waals surface area (Å²) in [6, 6.07) is 13.1. The van der Waals surface area contributed by atoms with Gasteiger partial charge in [0.25, 0.3) is 5.91 Å². The van der Waals surface area contributed by atoms with Gasteiger partial charge in [0.1, 0.15) is 11.6 Å². The van der Waals surface area contributed by atoms with Crippen molar-refractivity contribution in [3.05, 3.63) is 71.2 Å². The smallest absolute Gasteiger partial charge is 0.255 e. The third-order valence-electron chi connectivity index (χ3n) is 6.45. The Hall–Kier alpha value is -3.66. The van der Waals surface area contributed by atoms with Crippen molar-refractivity contribution in [1.29, 1.82) is 5.26 Å². The van der Waals surface area contributed by atoms with E-state index in [1.165, 1.54) is 24.3 Å². The summed E-state index contributed by atoms with van der Waals surface area (Å²) in [6.45, 7) is 3.19. The van der Waals surface area contributed by atoms with E-state index < -0.39 is 0 Å². The van der Waals surface area contributed by atoms with Crippen LogP contribution in [0.1, 0.15) is 40.4 Å². The average molecular weight is 416 g/mol. The third-order valence-corrected chi connectivity index (χ3v) is 6.45. The van der Waals surface area contributed by atoms with Crippen LogP contribution in [0.3, 0.4) is 0 Å². The Morgan fingerprint density at radius 1 is 1.26 bits per heavy atom. The van der Waals surface area contributed by atoms with Crippen molar-refractivity contribution >= 4 is 5.91 Å². The molecule has 1 aliphatic carbocycles. The first-order valence-electron chi connectivity index (χ1n) is 10.2. The molecule has 0 atom stereocenters. The second-order valence-electron chi connectivity index (χ2n) is 8.69. The van der Waals surface area contributed by atoms with Gasteiger partial charge in [-0.1, -0.05) is 12.1 Å². The van der Waals surface area contributed by atoms with Crippen LogP contribution >= 0.6 is 0 Å². The molecule has 1 saturated heterocycles. The van der Waals surface area contributed by atoms with Crippen LogP contribution in [-0.2, 0) is 0 Å². The molecular weight excluding hydrogens is 395 g/mol. The molecule has 1 saturated carbocycles. The van der Waals surface area contributed by atoms with Crippen LogP contribution in [-0.4, -0.2) is 38.8 Å². The van der Waals surface area contributed by atoms with E-state index in [1.807, 2.05) is 23.9 Å². The monoisotopic (exact) mass is 416 g/mol. The summed E-state index contributed by atoms with van der Waals surface area (Å²) in [5.74, 6) is -0.530. The molecule has 0 bridgehead atoms. The lowest BCUT2D eigenvalue weighted by Gasteiger charge is -2.58. The van der Waals surface area contributed by atoms with Gasteiger partial charge < -0.3 is 10.0 Å². The highest BCUT2D eigenvalue weighted by atomic mass is 19.1. The number of aromatic hydroxyl groups is 1. The molecule has 6 nitrogen and oxygen atoms in total. The van der Waals surface area contributed by atoms with Crippen molar-refractivity contribution in [2.24, 2.45) is 5.41 Å². The maximum atomic E-state index is 14.2. The molecule has 3 aromatic rings. The Morgan fingerprint density at radius 2 is 2.00 bits per heavy atom. The zero-order valence-electron chi connectivity index (χ0n) is 17.0. The van der Waals surface area contributed by atoms with Gasteiger partial charge >= 0.3 is 0 Å². The topological polar surface area (TPSA) is 82.1 Å². The number of halogens is 1. The number of aryl methyl sites for hydroxylation is 1. The first-order chi connectivity index (χ1) is 14.9. The predicted molar refractivity (Wildman–Crippen MR) is 112 cm³/mol. The summed E-state index contributed by atoms with van der Waals surface area (Å²) in [4.78, 5) is 14.5. The zero-order chi connectivity index (χ0) is 21.8. The summed E-state index contributed by atoms with van der Waals surface area (Å²) < 4.78 is 16.1. The molecule has 1 aromatic heterocycles. The second kappa shape index (κ2) is 6.95. The molecule has 7 heteroatoms. The van der Waals surface area contributed by atoms with Crippen molar-refractivity contribution in [1.82, 2.24) is 14.7 Å². The molecule has 0 unspecified atom stereocenters. The normalized spacial score (nSPS) is 17.1. The number of hydrogen-bond donors (Lipinski definition) is 1. The highest BCUT2D eigenvalue weighted by molar-refractivity contribution is 5.97. The highest BCUT2D eigenvalue weighted by Crippen LogP contribution is 2.54. The number of amides is 1. The van der Waals surface area contributed by atoms with Crippen LogP contribution in [0.15, 0.2) is 48.7 Å². The minimum absolute atomic E-state index is 0.0268. The molecule has 31 heavy (non-hydrogen) atoms. The molecule has 156 valence electrons. The zero-order valence-corrected chi connectivity index (χ0v) is 17.0. The number of benzene rings is 2. The molecule has 1 aliphatic heterocycles. The molecule has 2 aliphatic rings. The van der Waals surface area contributed by atoms with E-state index in [2.05, 4.69) is 5.10 Å². The first kappa shape index (κ1) is 19.3. The molecule has 2 heterocycles. The lowest BCUT2D eigenvalue weighted by Crippen LogP contribution is -2.63. The van der Waals surface area contributed by atoms with Crippen LogP contribution in [0.4, 0.5) is 4.39 Å². The van der Waals surface area contributed by atoms with Crippen LogP contribution in [0.2, 0.25) is 0 Å². The number of nitriles is 1. The molecule has 1 amide bonds. The lowest BCUT2D eigenvalue weighted by molar-refractivity contribution is -0.0738. The van der Waals surface area contributed by atoms with Crippen LogP contribution in [0, 0.1) is 29.5 Å². The van der Waals surface area contributed by atoms with Crippen molar-refractivity contribution in [3.63, 3.8) is 0 Å². The van der Waals surface area contributed by atoms with E-state index in [9.17, 15) is 19.6 Å². The molecular formula is C24H21FN4O2. The standard InChI is InChI=1S/C24H21FN4O2/c1-15-12-29(27-22(15)19-4-2-3-5-21(19)25)17-9-24(10-17)13-28(14-24)23(31)20-8-18(30)7-6-16(20)11-26/h2-8,12,17,30H,9-10,13-14H2,1H3. The Labute approximate surface area is 179 Å². The fourth-order valence-electron chi connectivity index (χ4n) is 4.86. The summed E-state index contributed by atoms with van der Waals surface area (Å²) in [5.41, 5.74) is 2.69. The quantitative estimate of drug-likeness (QED) is 0.698. The minimum atomic E-state index is -0.280. The second-order valence-corrected chi connectivity index (χ2v) is 8.69. The number of phenols is 1. The molecule has 1 N–H and O–H groups in total. The van der Waals surface area contributed by atoms with Gasteiger partial charge in [0.2, 0.25) is 0 Å². The first-order valence-corrected chi connectivity index (χ1v) is 10.2. The van der Waals surface area contributed by atoms with E-state index in [-0.39, 0.29) is 40.1 Å². The van der Waals surface area contributed by atoms with Crippen LogP contribution < -0.4 is 0 Å². The summed E-state index contributed by atoms with van der Waals surface area (Å²) in [7, 11) is 0. The maximum Gasteiger partial charge on any atom is 0.255 e. The highest BCUT2D eigenvalue weighted by Gasteiger charge is 2.54. The summed E-state index contributed by atoms with van der Waals surface area (Å²) in [6.07, 6.45) is 3.77. The molecule has 1 spiro atoms. The Balaban J connectivity index is 1.26. The third kappa shape index (κ3) is 3.15. The number of phenolic OH excluding ortho intramolecular Hbond substituents is 1. The number of hydrogen-bond acceptors (Lipinski definition) is 4. The summed E-state index contributed by atoms with van der Waals surface area (Å²) in [5, 5.41) is 23.6. The van der Waals surface area contributed by atoms with E-state index in [4.69, 9.17) is 0 Å². The van der Waals surface area contributed by atoms with E-state index >= 15 is 0 Å². The van der Waals surface area contributed by atoms with Crippen molar-refractivity contribution in [2.45, 2.75) is 25.8 Å². The predicted octanol–water partition coefficient (Wildman–Crippen LogP) is 4.05. The van der Waals surface area contributed by atoms with E-state index in [0.717, 1.165) is 18.4 Å². The van der Waals surface area contributed by atoms with Gasteiger partial charge in [-0.2, -0.15) is 10.4 Å². The van der Waals surface area contributed by atoms with Gasteiger partial charge in [0.15, 0.2) is 0 Å². The number of nitrogens with zero attached hydrogens (tertiary/aromatic N) is 4. The number of aromatic nitrogens is 2.